The molecule has 1 unspecified atom stereocenters. The molecule has 1 aliphatic rings. The van der Waals surface area contributed by atoms with Gasteiger partial charge in [0.25, 0.3) is 0 Å². The van der Waals surface area contributed by atoms with Gasteiger partial charge in [0, 0.05) is 31.3 Å². The van der Waals surface area contributed by atoms with E-state index >= 15 is 0 Å². The molecule has 0 aliphatic carbocycles. The summed E-state index contributed by atoms with van der Waals surface area (Å²) >= 11 is 0. The number of aromatic amines is 1. The molecule has 23 heavy (non-hydrogen) atoms. The summed E-state index contributed by atoms with van der Waals surface area (Å²) in [5.41, 5.74) is 2.43. The fraction of sp³-hybridized carbons (Fsp3) is 0.333. The number of imidazole rings is 1. The molecular weight excluding hydrogens is 286 g/mol. The first-order valence-electron chi connectivity index (χ1n) is 8.22. The molecule has 1 atom stereocenters. The van der Waals surface area contributed by atoms with Crippen molar-refractivity contribution in [3.63, 3.8) is 0 Å². The maximum absolute atomic E-state index is 4.48. The number of likely N-dealkylation sites (tertiary alicyclic amines) is 1. The van der Waals surface area contributed by atoms with Crippen molar-refractivity contribution in [3.05, 3.63) is 66.5 Å². The number of nitrogens with one attached hydrogen (secondary N) is 1. The molecule has 2 aromatic heterocycles. The van der Waals surface area contributed by atoms with Gasteiger partial charge >= 0.3 is 0 Å². The van der Waals surface area contributed by atoms with Crippen molar-refractivity contribution < 1.29 is 0 Å². The lowest BCUT2D eigenvalue weighted by molar-refractivity contribution is 0.134. The summed E-state index contributed by atoms with van der Waals surface area (Å²) in [5.74, 6) is 1.09. The number of aromatic nitrogens is 4. The molecule has 0 radical (unpaired) electrons. The van der Waals surface area contributed by atoms with Crippen molar-refractivity contribution in [1.29, 1.82) is 0 Å². The van der Waals surface area contributed by atoms with Crippen LogP contribution < -0.4 is 0 Å². The molecule has 1 N–H and O–H groups in total. The molecule has 1 aliphatic heterocycles. The molecule has 4 rings (SSSR count). The summed E-state index contributed by atoms with van der Waals surface area (Å²) in [7, 11) is 0. The van der Waals surface area contributed by atoms with Gasteiger partial charge in [0.05, 0.1) is 11.7 Å². The highest BCUT2D eigenvalue weighted by molar-refractivity contribution is 5.35. The van der Waals surface area contributed by atoms with Crippen LogP contribution in [0.2, 0.25) is 0 Å². The standard InChI is InChI=1S/C18H21N5/c1-2-11-22(17(7-1)18-19-9-10-20-18)14-15-5-3-6-16(13-15)23-12-4-8-21-23/h3-6,8-10,12-13,17H,1-2,7,11,14H2,(H,19,20). The molecule has 1 fully saturated rings. The first-order chi connectivity index (χ1) is 11.4. The monoisotopic (exact) mass is 307 g/mol. The highest BCUT2D eigenvalue weighted by Gasteiger charge is 2.25. The Kier molecular flexibility index (Phi) is 3.94. The minimum absolute atomic E-state index is 0.395. The van der Waals surface area contributed by atoms with Crippen LogP contribution in [0.4, 0.5) is 0 Å². The molecule has 118 valence electrons. The third-order valence-electron chi connectivity index (χ3n) is 4.51. The van der Waals surface area contributed by atoms with Crippen molar-refractivity contribution in [3.8, 4) is 5.69 Å². The first-order valence-corrected chi connectivity index (χ1v) is 8.22. The average Bonchev–Trinajstić information content (AvgIpc) is 3.30. The summed E-state index contributed by atoms with van der Waals surface area (Å²) in [6.07, 6.45) is 11.3. The third-order valence-corrected chi connectivity index (χ3v) is 4.51. The lowest BCUT2D eigenvalue weighted by Crippen LogP contribution is -2.33. The number of hydrogen-bond acceptors (Lipinski definition) is 3. The molecule has 1 aromatic carbocycles. The Hall–Kier alpha value is -2.40. The van der Waals surface area contributed by atoms with Gasteiger partial charge in [-0.3, -0.25) is 4.90 Å². The van der Waals surface area contributed by atoms with Gasteiger partial charge in [0.1, 0.15) is 5.82 Å². The normalized spacial score (nSPS) is 19.0. The smallest absolute Gasteiger partial charge is 0.123 e. The molecular formula is C18H21N5. The van der Waals surface area contributed by atoms with Crippen LogP contribution in [0.25, 0.3) is 5.69 Å². The van der Waals surface area contributed by atoms with Crippen molar-refractivity contribution in [2.45, 2.75) is 31.8 Å². The fourth-order valence-corrected chi connectivity index (χ4v) is 3.40. The van der Waals surface area contributed by atoms with Gasteiger partial charge in [-0.25, -0.2) is 9.67 Å². The SMILES string of the molecule is c1cc(CN2CCCCC2c2ncc[nH]2)cc(-n2cccn2)c1. The molecule has 1 saturated heterocycles. The van der Waals surface area contributed by atoms with Crippen LogP contribution in [0.3, 0.4) is 0 Å². The van der Waals surface area contributed by atoms with E-state index in [2.05, 4.69) is 44.2 Å². The zero-order chi connectivity index (χ0) is 15.5. The second kappa shape index (κ2) is 6.38. The molecule has 3 aromatic rings. The van der Waals surface area contributed by atoms with E-state index in [1.165, 1.54) is 24.8 Å². The van der Waals surface area contributed by atoms with Gasteiger partial charge in [-0.15, -0.1) is 0 Å². The van der Waals surface area contributed by atoms with E-state index in [1.807, 2.05) is 35.5 Å². The lowest BCUT2D eigenvalue weighted by atomic mass is 10.0. The molecule has 5 nitrogen and oxygen atoms in total. The number of H-pyrrole nitrogens is 1. The summed E-state index contributed by atoms with van der Waals surface area (Å²) in [4.78, 5) is 10.3. The van der Waals surface area contributed by atoms with Crippen LogP contribution in [0.5, 0.6) is 0 Å². The number of hydrogen-bond donors (Lipinski definition) is 1. The first kappa shape index (κ1) is 14.2. The fourth-order valence-electron chi connectivity index (χ4n) is 3.40. The molecule has 0 saturated carbocycles. The Balaban J connectivity index is 1.55. The predicted molar refractivity (Wildman–Crippen MR) is 89.2 cm³/mol. The highest BCUT2D eigenvalue weighted by atomic mass is 15.3. The lowest BCUT2D eigenvalue weighted by Gasteiger charge is -2.34. The van der Waals surface area contributed by atoms with Crippen molar-refractivity contribution in [2.24, 2.45) is 0 Å². The Morgan fingerprint density at radius 1 is 1.17 bits per heavy atom. The molecule has 5 heteroatoms. The maximum Gasteiger partial charge on any atom is 0.123 e. The van der Waals surface area contributed by atoms with E-state index in [0.29, 0.717) is 6.04 Å². The Morgan fingerprint density at radius 2 is 2.17 bits per heavy atom. The van der Waals surface area contributed by atoms with Gasteiger partial charge in [-0.2, -0.15) is 5.10 Å². The van der Waals surface area contributed by atoms with E-state index in [9.17, 15) is 0 Å². The minimum Gasteiger partial charge on any atom is -0.347 e. The Bertz CT molecular complexity index is 733. The topological polar surface area (TPSA) is 49.7 Å². The summed E-state index contributed by atoms with van der Waals surface area (Å²) in [6.45, 7) is 2.07. The molecule has 0 bridgehead atoms. The zero-order valence-electron chi connectivity index (χ0n) is 13.1. The van der Waals surface area contributed by atoms with E-state index in [-0.39, 0.29) is 0 Å². The van der Waals surface area contributed by atoms with Crippen LogP contribution in [-0.2, 0) is 6.54 Å². The quantitative estimate of drug-likeness (QED) is 0.804. The second-order valence-corrected chi connectivity index (χ2v) is 6.08. The second-order valence-electron chi connectivity index (χ2n) is 6.08. The van der Waals surface area contributed by atoms with Crippen molar-refractivity contribution in [2.75, 3.05) is 6.54 Å². The van der Waals surface area contributed by atoms with Crippen LogP contribution >= 0.6 is 0 Å². The molecule has 3 heterocycles. The van der Waals surface area contributed by atoms with E-state index in [4.69, 9.17) is 0 Å². The molecule has 0 amide bonds. The summed E-state index contributed by atoms with van der Waals surface area (Å²) in [5, 5.41) is 4.32. The predicted octanol–water partition coefficient (Wildman–Crippen LogP) is 3.32. The van der Waals surface area contributed by atoms with Gasteiger partial charge in [-0.1, -0.05) is 18.6 Å². The van der Waals surface area contributed by atoms with E-state index < -0.39 is 0 Å². The average molecular weight is 307 g/mol. The third kappa shape index (κ3) is 3.05. The van der Waals surface area contributed by atoms with E-state index in [0.717, 1.165) is 24.6 Å². The zero-order valence-corrected chi connectivity index (χ0v) is 13.1. The maximum atomic E-state index is 4.48. The minimum atomic E-state index is 0.395. The largest absolute Gasteiger partial charge is 0.347 e. The van der Waals surface area contributed by atoms with Gasteiger partial charge in [0.15, 0.2) is 0 Å². The Labute approximate surface area is 136 Å². The van der Waals surface area contributed by atoms with Crippen LogP contribution in [0.1, 0.15) is 36.7 Å². The Morgan fingerprint density at radius 3 is 3.00 bits per heavy atom. The van der Waals surface area contributed by atoms with Crippen LogP contribution in [0.15, 0.2) is 55.1 Å². The molecule has 0 spiro atoms. The van der Waals surface area contributed by atoms with Crippen molar-refractivity contribution in [1.82, 2.24) is 24.6 Å². The van der Waals surface area contributed by atoms with Crippen LogP contribution in [-0.4, -0.2) is 31.2 Å². The van der Waals surface area contributed by atoms with Gasteiger partial charge < -0.3 is 4.98 Å². The highest BCUT2D eigenvalue weighted by Crippen LogP contribution is 2.30. The van der Waals surface area contributed by atoms with E-state index in [1.54, 1.807) is 0 Å². The number of rotatable bonds is 4. The summed E-state index contributed by atoms with van der Waals surface area (Å²) < 4.78 is 1.91. The summed E-state index contributed by atoms with van der Waals surface area (Å²) in [6, 6.07) is 11.0. The number of piperidine rings is 1. The number of benzene rings is 1. The van der Waals surface area contributed by atoms with Gasteiger partial charge in [0.2, 0.25) is 0 Å². The van der Waals surface area contributed by atoms with Crippen LogP contribution in [0, 0.1) is 0 Å². The number of nitrogens with zero attached hydrogens (tertiary/aromatic N) is 4. The van der Waals surface area contributed by atoms with Gasteiger partial charge in [-0.05, 0) is 43.1 Å². The van der Waals surface area contributed by atoms with Crippen molar-refractivity contribution >= 4 is 0 Å².